The Bertz CT molecular complexity index is 227. The smallest absolute Gasteiger partial charge is 0.249 e. The van der Waals surface area contributed by atoms with E-state index in [1.807, 2.05) is 6.92 Å². The minimum Gasteiger partial charge on any atom is -0.394 e. The molecule has 0 aromatic heterocycles. The highest BCUT2D eigenvalue weighted by Gasteiger charge is 2.32. The third-order valence-electron chi connectivity index (χ3n) is 2.65. The number of aliphatic hydroxyl groups is 2. The van der Waals surface area contributed by atoms with Gasteiger partial charge in [-0.15, -0.1) is 0 Å². The van der Waals surface area contributed by atoms with Gasteiger partial charge in [0.05, 0.1) is 24.9 Å². The first-order valence-corrected chi connectivity index (χ1v) is 5.20. The van der Waals surface area contributed by atoms with Crippen LogP contribution in [-0.2, 0) is 9.53 Å². The highest BCUT2D eigenvalue weighted by Crippen LogP contribution is 2.19. The zero-order valence-corrected chi connectivity index (χ0v) is 9.19. The largest absolute Gasteiger partial charge is 0.394 e. The molecule has 5 heteroatoms. The number of carbonyl (C=O) groups excluding carboxylic acids is 1. The van der Waals surface area contributed by atoms with Crippen molar-refractivity contribution in [3.8, 4) is 0 Å². The van der Waals surface area contributed by atoms with Crippen LogP contribution in [0.2, 0.25) is 0 Å². The summed E-state index contributed by atoms with van der Waals surface area (Å²) in [7, 11) is 0. The summed E-state index contributed by atoms with van der Waals surface area (Å²) < 4.78 is 5.38. The van der Waals surface area contributed by atoms with E-state index in [1.54, 1.807) is 6.92 Å². The first-order valence-electron chi connectivity index (χ1n) is 5.20. The van der Waals surface area contributed by atoms with Crippen LogP contribution < -0.4 is 5.32 Å². The van der Waals surface area contributed by atoms with Gasteiger partial charge in [0.2, 0.25) is 5.91 Å². The van der Waals surface area contributed by atoms with Crippen molar-refractivity contribution in [1.82, 2.24) is 5.32 Å². The number of ether oxygens (including phenoxy) is 1. The number of carbonyl (C=O) groups is 1. The third kappa shape index (κ3) is 3.15. The molecule has 2 atom stereocenters. The van der Waals surface area contributed by atoms with Crippen molar-refractivity contribution >= 4 is 5.91 Å². The maximum absolute atomic E-state index is 11.7. The summed E-state index contributed by atoms with van der Waals surface area (Å²) in [4.78, 5) is 11.7. The van der Waals surface area contributed by atoms with Gasteiger partial charge in [-0.05, 0) is 26.7 Å². The van der Waals surface area contributed by atoms with Crippen LogP contribution in [0.15, 0.2) is 0 Å². The molecule has 2 unspecified atom stereocenters. The van der Waals surface area contributed by atoms with E-state index in [0.29, 0.717) is 6.42 Å². The Hall–Kier alpha value is -0.650. The number of hydrogen-bond acceptors (Lipinski definition) is 4. The molecule has 1 aliphatic rings. The van der Waals surface area contributed by atoms with Crippen LogP contribution in [0.3, 0.4) is 0 Å². The predicted octanol–water partition coefficient (Wildman–Crippen LogP) is -0.587. The van der Waals surface area contributed by atoms with E-state index in [1.165, 1.54) is 0 Å². The first-order chi connectivity index (χ1) is 7.00. The van der Waals surface area contributed by atoms with Crippen molar-refractivity contribution in [2.75, 3.05) is 13.2 Å². The standard InChI is InChI=1S/C10H19NO4/c1-7-3-4-8(15-7)9(14)11-10(2,5-12)6-13/h7-8,12-13H,3-6H2,1-2H3,(H,11,14). The minimum absolute atomic E-state index is 0.107. The summed E-state index contributed by atoms with van der Waals surface area (Å²) in [5, 5.41) is 20.6. The topological polar surface area (TPSA) is 78.8 Å². The molecule has 1 fully saturated rings. The molecular formula is C10H19NO4. The average Bonchev–Trinajstić information content (AvgIpc) is 2.65. The van der Waals surface area contributed by atoms with E-state index in [0.717, 1.165) is 6.42 Å². The molecule has 5 nitrogen and oxygen atoms in total. The molecule has 1 amide bonds. The van der Waals surface area contributed by atoms with Gasteiger partial charge in [0.25, 0.3) is 0 Å². The van der Waals surface area contributed by atoms with E-state index in [9.17, 15) is 4.79 Å². The summed E-state index contributed by atoms with van der Waals surface area (Å²) in [6.45, 7) is 2.92. The molecule has 15 heavy (non-hydrogen) atoms. The Morgan fingerprint density at radius 1 is 1.47 bits per heavy atom. The van der Waals surface area contributed by atoms with Crippen LogP contribution in [-0.4, -0.2) is 47.1 Å². The molecule has 1 aliphatic heterocycles. The molecule has 1 rings (SSSR count). The summed E-state index contributed by atoms with van der Waals surface area (Å²) in [5.41, 5.74) is -0.966. The van der Waals surface area contributed by atoms with Crippen molar-refractivity contribution in [2.24, 2.45) is 0 Å². The Morgan fingerprint density at radius 3 is 2.47 bits per heavy atom. The Balaban J connectivity index is 2.48. The highest BCUT2D eigenvalue weighted by molar-refractivity contribution is 5.81. The van der Waals surface area contributed by atoms with Crippen LogP contribution in [0, 0.1) is 0 Å². The van der Waals surface area contributed by atoms with Crippen LogP contribution in [0.25, 0.3) is 0 Å². The number of hydrogen-bond donors (Lipinski definition) is 3. The fraction of sp³-hybridized carbons (Fsp3) is 0.900. The minimum atomic E-state index is -0.966. The molecule has 1 saturated heterocycles. The lowest BCUT2D eigenvalue weighted by Crippen LogP contribution is -2.54. The molecule has 3 N–H and O–H groups in total. The Labute approximate surface area is 89.4 Å². The van der Waals surface area contributed by atoms with Crippen LogP contribution >= 0.6 is 0 Å². The molecule has 0 aromatic carbocycles. The number of aliphatic hydroxyl groups excluding tert-OH is 2. The molecule has 0 saturated carbocycles. The maximum atomic E-state index is 11.7. The molecule has 0 spiro atoms. The lowest BCUT2D eigenvalue weighted by atomic mass is 10.0. The molecule has 0 bridgehead atoms. The monoisotopic (exact) mass is 217 g/mol. The van der Waals surface area contributed by atoms with Crippen molar-refractivity contribution in [2.45, 2.75) is 44.4 Å². The van der Waals surface area contributed by atoms with E-state index >= 15 is 0 Å². The normalized spacial score (nSPS) is 26.7. The first kappa shape index (κ1) is 12.4. The van der Waals surface area contributed by atoms with Gasteiger partial charge in [-0.1, -0.05) is 0 Å². The molecule has 0 radical (unpaired) electrons. The second-order valence-corrected chi connectivity index (χ2v) is 4.38. The summed E-state index contributed by atoms with van der Waals surface area (Å²) in [6, 6.07) is 0. The van der Waals surface area contributed by atoms with Crippen LogP contribution in [0.5, 0.6) is 0 Å². The zero-order valence-electron chi connectivity index (χ0n) is 9.19. The van der Waals surface area contributed by atoms with E-state index in [4.69, 9.17) is 14.9 Å². The zero-order chi connectivity index (χ0) is 11.5. The van der Waals surface area contributed by atoms with Gasteiger partial charge in [0.1, 0.15) is 6.10 Å². The molecular weight excluding hydrogens is 198 g/mol. The van der Waals surface area contributed by atoms with E-state index in [2.05, 4.69) is 5.32 Å². The SMILES string of the molecule is CC1CCC(C(=O)NC(C)(CO)CO)O1. The summed E-state index contributed by atoms with van der Waals surface area (Å²) in [5.74, 6) is -0.259. The lowest BCUT2D eigenvalue weighted by molar-refractivity contribution is -0.134. The fourth-order valence-corrected chi connectivity index (χ4v) is 1.50. The predicted molar refractivity (Wildman–Crippen MR) is 54.3 cm³/mol. The average molecular weight is 217 g/mol. The Kier molecular flexibility index (Phi) is 4.07. The van der Waals surface area contributed by atoms with Gasteiger partial charge in [-0.2, -0.15) is 0 Å². The van der Waals surface area contributed by atoms with Gasteiger partial charge in [-0.3, -0.25) is 4.79 Å². The molecule has 0 aromatic rings. The summed E-state index contributed by atoms with van der Waals surface area (Å²) in [6.07, 6.45) is 1.22. The highest BCUT2D eigenvalue weighted by atomic mass is 16.5. The summed E-state index contributed by atoms with van der Waals surface area (Å²) >= 11 is 0. The van der Waals surface area contributed by atoms with Gasteiger partial charge < -0.3 is 20.3 Å². The fourth-order valence-electron chi connectivity index (χ4n) is 1.50. The second-order valence-electron chi connectivity index (χ2n) is 4.38. The number of amides is 1. The van der Waals surface area contributed by atoms with Gasteiger partial charge in [0, 0.05) is 0 Å². The quantitative estimate of drug-likeness (QED) is 0.588. The van der Waals surface area contributed by atoms with Crippen molar-refractivity contribution in [3.63, 3.8) is 0 Å². The maximum Gasteiger partial charge on any atom is 0.249 e. The van der Waals surface area contributed by atoms with Crippen molar-refractivity contribution in [3.05, 3.63) is 0 Å². The van der Waals surface area contributed by atoms with Gasteiger partial charge in [-0.25, -0.2) is 0 Å². The van der Waals surface area contributed by atoms with Crippen LogP contribution in [0.4, 0.5) is 0 Å². The van der Waals surface area contributed by atoms with Gasteiger partial charge >= 0.3 is 0 Å². The number of nitrogens with one attached hydrogen (secondary N) is 1. The molecule has 88 valence electrons. The number of rotatable bonds is 4. The van der Waals surface area contributed by atoms with Crippen LogP contribution in [0.1, 0.15) is 26.7 Å². The van der Waals surface area contributed by atoms with E-state index < -0.39 is 11.6 Å². The van der Waals surface area contributed by atoms with Crippen molar-refractivity contribution < 1.29 is 19.7 Å². The second kappa shape index (κ2) is 4.92. The molecule has 0 aliphatic carbocycles. The lowest BCUT2D eigenvalue weighted by Gasteiger charge is -2.27. The van der Waals surface area contributed by atoms with E-state index in [-0.39, 0.29) is 25.2 Å². The Morgan fingerprint density at radius 2 is 2.07 bits per heavy atom. The van der Waals surface area contributed by atoms with Gasteiger partial charge in [0.15, 0.2) is 0 Å². The van der Waals surface area contributed by atoms with Crippen molar-refractivity contribution in [1.29, 1.82) is 0 Å². The third-order valence-corrected chi connectivity index (χ3v) is 2.65. The molecule has 1 heterocycles.